The molecular weight excluding hydrogens is 300 g/mol. The first-order chi connectivity index (χ1) is 11.0. The van der Waals surface area contributed by atoms with Crippen LogP contribution in [0.25, 0.3) is 0 Å². The normalized spacial score (nSPS) is 17.4. The molecule has 1 aliphatic heterocycles. The summed E-state index contributed by atoms with van der Waals surface area (Å²) in [5.41, 5.74) is 0.818. The number of amides is 2. The van der Waals surface area contributed by atoms with Crippen LogP contribution < -0.4 is 10.1 Å². The van der Waals surface area contributed by atoms with Gasteiger partial charge in [-0.15, -0.1) is 0 Å². The third-order valence-electron chi connectivity index (χ3n) is 3.75. The zero-order valence-electron chi connectivity index (χ0n) is 13.2. The smallest absolute Gasteiger partial charge is 0.308 e. The summed E-state index contributed by atoms with van der Waals surface area (Å²) in [4.78, 5) is 37.4. The van der Waals surface area contributed by atoms with Crippen molar-refractivity contribution < 1.29 is 23.9 Å². The molecule has 0 aromatic heterocycles. The molecule has 7 heteroatoms. The molecule has 2 rings (SSSR count). The summed E-state index contributed by atoms with van der Waals surface area (Å²) in [5, 5.41) is 2.67. The average Bonchev–Trinajstić information content (AvgIpc) is 2.57. The van der Waals surface area contributed by atoms with Gasteiger partial charge in [-0.3, -0.25) is 14.4 Å². The van der Waals surface area contributed by atoms with E-state index >= 15 is 0 Å². The van der Waals surface area contributed by atoms with Crippen molar-refractivity contribution in [2.24, 2.45) is 0 Å². The zero-order valence-corrected chi connectivity index (χ0v) is 13.2. The lowest BCUT2D eigenvalue weighted by Crippen LogP contribution is -2.58. The van der Waals surface area contributed by atoms with Gasteiger partial charge < -0.3 is 19.7 Å². The minimum atomic E-state index is -0.818. The molecule has 1 saturated heterocycles. The number of rotatable bonds is 5. The van der Waals surface area contributed by atoms with Crippen molar-refractivity contribution in [3.05, 3.63) is 29.8 Å². The molecule has 124 valence electrons. The van der Waals surface area contributed by atoms with E-state index in [2.05, 4.69) is 10.1 Å². The van der Waals surface area contributed by atoms with E-state index in [-0.39, 0.29) is 24.7 Å². The third-order valence-corrected chi connectivity index (χ3v) is 3.75. The first-order valence-electron chi connectivity index (χ1n) is 7.32. The fourth-order valence-electron chi connectivity index (χ4n) is 2.48. The number of piperazine rings is 1. The molecule has 1 fully saturated rings. The molecule has 2 amide bonds. The summed E-state index contributed by atoms with van der Waals surface area (Å²) < 4.78 is 9.68. The summed E-state index contributed by atoms with van der Waals surface area (Å²) in [6, 6.07) is 6.34. The second-order valence-corrected chi connectivity index (χ2v) is 5.20. The van der Waals surface area contributed by atoms with Crippen LogP contribution in [0.2, 0.25) is 0 Å². The van der Waals surface area contributed by atoms with Gasteiger partial charge in [0, 0.05) is 13.1 Å². The molecule has 7 nitrogen and oxygen atoms in total. The van der Waals surface area contributed by atoms with Crippen LogP contribution in [0.5, 0.6) is 5.75 Å². The fourth-order valence-corrected chi connectivity index (χ4v) is 2.48. The Morgan fingerprint density at radius 3 is 2.57 bits per heavy atom. The topological polar surface area (TPSA) is 84.9 Å². The van der Waals surface area contributed by atoms with Crippen LogP contribution in [-0.4, -0.2) is 56.0 Å². The molecule has 1 atom stereocenters. The highest BCUT2D eigenvalue weighted by Gasteiger charge is 2.34. The molecule has 1 aromatic rings. The van der Waals surface area contributed by atoms with Crippen LogP contribution in [0.4, 0.5) is 0 Å². The van der Waals surface area contributed by atoms with Crippen molar-refractivity contribution in [2.75, 3.05) is 27.3 Å². The van der Waals surface area contributed by atoms with Crippen molar-refractivity contribution in [1.82, 2.24) is 10.2 Å². The van der Waals surface area contributed by atoms with Crippen molar-refractivity contribution in [3.63, 3.8) is 0 Å². The van der Waals surface area contributed by atoms with Gasteiger partial charge in [0.2, 0.25) is 11.8 Å². The Kier molecular flexibility index (Phi) is 5.56. The largest absolute Gasteiger partial charge is 0.497 e. The number of benzene rings is 1. The minimum Gasteiger partial charge on any atom is -0.497 e. The van der Waals surface area contributed by atoms with Gasteiger partial charge >= 0.3 is 5.97 Å². The average molecular weight is 320 g/mol. The molecule has 0 spiro atoms. The fraction of sp³-hybridized carbons (Fsp3) is 0.438. The van der Waals surface area contributed by atoms with E-state index in [1.54, 1.807) is 31.4 Å². The molecule has 0 bridgehead atoms. The lowest BCUT2D eigenvalue weighted by Gasteiger charge is -2.34. The van der Waals surface area contributed by atoms with Crippen LogP contribution in [0.1, 0.15) is 12.0 Å². The maximum atomic E-state index is 12.5. The van der Waals surface area contributed by atoms with E-state index in [4.69, 9.17) is 4.74 Å². The molecule has 0 saturated carbocycles. The Morgan fingerprint density at radius 2 is 1.96 bits per heavy atom. The van der Waals surface area contributed by atoms with Crippen LogP contribution in [-0.2, 0) is 25.5 Å². The lowest BCUT2D eigenvalue weighted by molar-refractivity contribution is -0.150. The summed E-state index contributed by atoms with van der Waals surface area (Å²) in [6.45, 7) is 0.757. The van der Waals surface area contributed by atoms with Crippen LogP contribution in [0.15, 0.2) is 24.3 Å². The Morgan fingerprint density at radius 1 is 1.26 bits per heavy atom. The number of hydrogen-bond donors (Lipinski definition) is 1. The number of nitrogens with zero attached hydrogens (tertiary/aromatic N) is 1. The Hall–Kier alpha value is -2.57. The van der Waals surface area contributed by atoms with Crippen molar-refractivity contribution in [2.45, 2.75) is 18.9 Å². The van der Waals surface area contributed by atoms with E-state index in [0.717, 1.165) is 5.56 Å². The monoisotopic (exact) mass is 320 g/mol. The quantitative estimate of drug-likeness (QED) is 0.780. The second-order valence-electron chi connectivity index (χ2n) is 5.20. The van der Waals surface area contributed by atoms with Gasteiger partial charge in [0.15, 0.2) is 0 Å². The van der Waals surface area contributed by atoms with Gasteiger partial charge in [-0.25, -0.2) is 0 Å². The van der Waals surface area contributed by atoms with Gasteiger partial charge in [0.25, 0.3) is 0 Å². The van der Waals surface area contributed by atoms with Crippen molar-refractivity contribution >= 4 is 17.8 Å². The van der Waals surface area contributed by atoms with Gasteiger partial charge in [-0.1, -0.05) is 12.1 Å². The van der Waals surface area contributed by atoms with E-state index in [9.17, 15) is 14.4 Å². The molecule has 1 heterocycles. The van der Waals surface area contributed by atoms with Crippen molar-refractivity contribution in [1.29, 1.82) is 0 Å². The third kappa shape index (κ3) is 4.21. The summed E-state index contributed by atoms with van der Waals surface area (Å²) >= 11 is 0. The molecule has 0 radical (unpaired) electrons. The molecule has 1 N–H and O–H groups in total. The number of ether oxygens (including phenoxy) is 2. The van der Waals surface area contributed by atoms with E-state index in [0.29, 0.717) is 18.8 Å². The van der Waals surface area contributed by atoms with E-state index < -0.39 is 12.0 Å². The first-order valence-corrected chi connectivity index (χ1v) is 7.32. The lowest BCUT2D eigenvalue weighted by atomic mass is 10.1. The maximum Gasteiger partial charge on any atom is 0.308 e. The molecule has 1 unspecified atom stereocenters. The number of carbonyl (C=O) groups excluding carboxylic acids is 3. The number of carbonyl (C=O) groups is 3. The molecular formula is C16H20N2O5. The molecule has 23 heavy (non-hydrogen) atoms. The number of esters is 1. The zero-order chi connectivity index (χ0) is 16.8. The van der Waals surface area contributed by atoms with Crippen LogP contribution in [0.3, 0.4) is 0 Å². The predicted molar refractivity (Wildman–Crippen MR) is 81.8 cm³/mol. The number of nitrogens with one attached hydrogen (secondary N) is 1. The number of hydrogen-bond acceptors (Lipinski definition) is 5. The first kappa shape index (κ1) is 16.8. The highest BCUT2D eigenvalue weighted by Crippen LogP contribution is 2.15. The number of methoxy groups -OCH3 is 2. The van der Waals surface area contributed by atoms with Crippen LogP contribution in [0, 0.1) is 0 Å². The molecule has 0 aliphatic carbocycles. The maximum absolute atomic E-state index is 12.5. The van der Waals surface area contributed by atoms with Crippen molar-refractivity contribution in [3.8, 4) is 5.75 Å². The van der Waals surface area contributed by atoms with Gasteiger partial charge in [0.05, 0.1) is 27.1 Å². The summed E-state index contributed by atoms with van der Waals surface area (Å²) in [5.74, 6) is -0.333. The van der Waals surface area contributed by atoms with Gasteiger partial charge in [-0.2, -0.15) is 0 Å². The highest BCUT2D eigenvalue weighted by molar-refractivity contribution is 5.92. The predicted octanol–water partition coefficient (Wildman–Crippen LogP) is 0.128. The summed E-state index contributed by atoms with van der Waals surface area (Å²) in [7, 11) is 2.83. The Labute approximate surface area is 134 Å². The SMILES string of the molecule is COC(=O)CC1C(=O)NCCN1C(=O)Cc1ccc(OC)cc1. The van der Waals surface area contributed by atoms with Gasteiger partial charge in [0.1, 0.15) is 11.8 Å². The van der Waals surface area contributed by atoms with E-state index in [1.807, 2.05) is 0 Å². The minimum absolute atomic E-state index is 0.142. The van der Waals surface area contributed by atoms with Gasteiger partial charge in [-0.05, 0) is 17.7 Å². The Bertz CT molecular complexity index is 585. The summed E-state index contributed by atoms with van der Waals surface area (Å²) in [6.07, 6.45) is 0.0195. The molecule has 1 aliphatic rings. The Balaban J connectivity index is 2.07. The van der Waals surface area contributed by atoms with Crippen LogP contribution >= 0.6 is 0 Å². The molecule has 1 aromatic carbocycles. The highest BCUT2D eigenvalue weighted by atomic mass is 16.5. The second kappa shape index (κ2) is 7.62. The standard InChI is InChI=1S/C16H20N2O5/c1-22-12-5-3-11(4-6-12)9-14(19)18-8-7-17-16(21)13(18)10-15(20)23-2/h3-6,13H,7-10H2,1-2H3,(H,17,21). The van der Waals surface area contributed by atoms with E-state index in [1.165, 1.54) is 12.0 Å².